The lowest BCUT2D eigenvalue weighted by molar-refractivity contribution is -0.128. The number of amides is 1. The van der Waals surface area contributed by atoms with Crippen molar-refractivity contribution in [2.75, 3.05) is 13.1 Å². The van der Waals surface area contributed by atoms with Crippen LogP contribution in [0.4, 0.5) is 3.89 Å². The van der Waals surface area contributed by atoms with Crippen LogP contribution in [0.3, 0.4) is 0 Å². The molecule has 0 aromatic heterocycles. The largest absolute Gasteiger partial charge is 0.393 e. The van der Waals surface area contributed by atoms with Crippen LogP contribution in [-0.2, 0) is 15.0 Å². The number of halogens is 1. The number of nitrogens with zero attached hydrogens (tertiary/aromatic N) is 1. The first-order valence-electron chi connectivity index (χ1n) is 6.27. The van der Waals surface area contributed by atoms with Crippen LogP contribution in [0.2, 0.25) is 0 Å². The maximum Gasteiger partial charge on any atom is 0.307 e. The molecule has 0 spiro atoms. The smallest absolute Gasteiger partial charge is 0.307 e. The molecule has 1 amide bonds. The highest BCUT2D eigenvalue weighted by Gasteiger charge is 2.39. The van der Waals surface area contributed by atoms with Gasteiger partial charge in [-0.2, -0.15) is 8.42 Å². The Labute approximate surface area is 106 Å². The minimum Gasteiger partial charge on any atom is -0.393 e. The molecule has 1 saturated heterocycles. The number of hydrogen-bond acceptors (Lipinski definition) is 4. The molecule has 0 aromatic carbocycles. The molecule has 1 aliphatic heterocycles. The Hall–Kier alpha value is -0.690. The molecular weight excluding hydrogens is 261 g/mol. The van der Waals surface area contributed by atoms with Gasteiger partial charge in [-0.25, -0.2) is 0 Å². The van der Waals surface area contributed by atoms with Gasteiger partial charge in [0.25, 0.3) is 0 Å². The van der Waals surface area contributed by atoms with Crippen molar-refractivity contribution in [3.63, 3.8) is 0 Å². The van der Waals surface area contributed by atoms with Crippen molar-refractivity contribution < 1.29 is 22.2 Å². The van der Waals surface area contributed by atoms with E-state index in [4.69, 9.17) is 0 Å². The number of hydrogen-bond donors (Lipinski definition) is 1. The fourth-order valence-corrected chi connectivity index (χ4v) is 3.48. The third kappa shape index (κ3) is 3.00. The minimum atomic E-state index is -4.65. The van der Waals surface area contributed by atoms with E-state index in [9.17, 15) is 22.2 Å². The summed E-state index contributed by atoms with van der Waals surface area (Å²) in [5.74, 6) is -0.345. The Kier molecular flexibility index (Phi) is 3.91. The quantitative estimate of drug-likeness (QED) is 0.761. The summed E-state index contributed by atoms with van der Waals surface area (Å²) in [7, 11) is -4.65. The van der Waals surface area contributed by atoms with Crippen LogP contribution in [0.25, 0.3) is 0 Å². The topological polar surface area (TPSA) is 74.7 Å². The van der Waals surface area contributed by atoms with Gasteiger partial charge in [0.1, 0.15) is 5.25 Å². The molecule has 2 rings (SSSR count). The lowest BCUT2D eigenvalue weighted by Gasteiger charge is -2.31. The minimum absolute atomic E-state index is 0.0104. The number of rotatable bonds is 3. The molecule has 0 radical (unpaired) electrons. The Bertz CT molecular complexity index is 425. The molecular formula is C11H18FNO4S. The zero-order valence-corrected chi connectivity index (χ0v) is 10.9. The van der Waals surface area contributed by atoms with Gasteiger partial charge in [0.15, 0.2) is 0 Å². The SMILES string of the molecule is O=C1CC(S(=O)(=O)F)CN1CC1CCCCC1O. The number of likely N-dealkylation sites (tertiary alicyclic amines) is 1. The van der Waals surface area contributed by atoms with E-state index in [1.807, 2.05) is 0 Å². The van der Waals surface area contributed by atoms with E-state index in [-0.39, 0.29) is 24.8 Å². The molecule has 1 heterocycles. The Balaban J connectivity index is 1.96. The summed E-state index contributed by atoms with van der Waals surface area (Å²) in [5.41, 5.74) is 0. The molecule has 3 unspecified atom stereocenters. The maximum atomic E-state index is 12.8. The molecule has 1 N–H and O–H groups in total. The molecule has 5 nitrogen and oxygen atoms in total. The lowest BCUT2D eigenvalue weighted by atomic mass is 9.86. The van der Waals surface area contributed by atoms with E-state index in [1.54, 1.807) is 0 Å². The second-order valence-electron chi connectivity index (χ2n) is 5.21. The summed E-state index contributed by atoms with van der Waals surface area (Å²) < 4.78 is 34.4. The second-order valence-corrected chi connectivity index (χ2v) is 6.83. The molecule has 18 heavy (non-hydrogen) atoms. The van der Waals surface area contributed by atoms with Crippen molar-refractivity contribution in [2.24, 2.45) is 5.92 Å². The monoisotopic (exact) mass is 279 g/mol. The number of aliphatic hydroxyl groups excluding tert-OH is 1. The second kappa shape index (κ2) is 5.13. The van der Waals surface area contributed by atoms with Gasteiger partial charge in [0.2, 0.25) is 5.91 Å². The van der Waals surface area contributed by atoms with Crippen LogP contribution >= 0.6 is 0 Å². The summed E-state index contributed by atoms with van der Waals surface area (Å²) >= 11 is 0. The molecule has 0 aromatic rings. The average molecular weight is 279 g/mol. The molecule has 104 valence electrons. The van der Waals surface area contributed by atoms with Crippen LogP contribution in [0.5, 0.6) is 0 Å². The summed E-state index contributed by atoms with van der Waals surface area (Å²) in [4.78, 5) is 13.0. The molecule has 1 aliphatic carbocycles. The normalized spacial score (nSPS) is 34.0. The van der Waals surface area contributed by atoms with Gasteiger partial charge < -0.3 is 10.0 Å². The van der Waals surface area contributed by atoms with Gasteiger partial charge in [-0.05, 0) is 12.8 Å². The van der Waals surface area contributed by atoms with E-state index < -0.39 is 21.6 Å². The Morgan fingerprint density at radius 3 is 2.56 bits per heavy atom. The van der Waals surface area contributed by atoms with Crippen molar-refractivity contribution in [3.8, 4) is 0 Å². The predicted molar refractivity (Wildman–Crippen MR) is 63.0 cm³/mol. The average Bonchev–Trinajstić information content (AvgIpc) is 2.63. The van der Waals surface area contributed by atoms with Crippen molar-refractivity contribution in [1.82, 2.24) is 4.90 Å². The van der Waals surface area contributed by atoms with Gasteiger partial charge in [-0.15, -0.1) is 3.89 Å². The van der Waals surface area contributed by atoms with Crippen LogP contribution < -0.4 is 0 Å². The van der Waals surface area contributed by atoms with Crippen molar-refractivity contribution >= 4 is 16.1 Å². The Morgan fingerprint density at radius 1 is 1.33 bits per heavy atom. The highest BCUT2D eigenvalue weighted by molar-refractivity contribution is 7.87. The highest BCUT2D eigenvalue weighted by Crippen LogP contribution is 2.28. The van der Waals surface area contributed by atoms with Gasteiger partial charge in [0.05, 0.1) is 6.10 Å². The maximum absolute atomic E-state index is 12.8. The molecule has 7 heteroatoms. The predicted octanol–water partition coefficient (Wildman–Crippen LogP) is 0.438. The standard InChI is InChI=1S/C11H18FNO4S/c12-18(16,17)9-5-11(15)13(7-9)6-8-3-1-2-4-10(8)14/h8-10,14H,1-7H2. The Morgan fingerprint density at radius 2 is 2.00 bits per heavy atom. The number of carbonyl (C=O) groups excluding carboxylic acids is 1. The van der Waals surface area contributed by atoms with Crippen LogP contribution in [0.1, 0.15) is 32.1 Å². The molecule has 2 fully saturated rings. The van der Waals surface area contributed by atoms with Crippen LogP contribution in [0, 0.1) is 5.92 Å². The number of aliphatic hydroxyl groups is 1. The zero-order chi connectivity index (χ0) is 13.3. The van der Waals surface area contributed by atoms with Gasteiger partial charge in [-0.3, -0.25) is 4.79 Å². The highest BCUT2D eigenvalue weighted by atomic mass is 32.3. The first-order chi connectivity index (χ1) is 8.38. The van der Waals surface area contributed by atoms with E-state index in [0.717, 1.165) is 25.7 Å². The van der Waals surface area contributed by atoms with E-state index >= 15 is 0 Å². The van der Waals surface area contributed by atoms with Gasteiger partial charge >= 0.3 is 10.2 Å². The summed E-state index contributed by atoms with van der Waals surface area (Å²) in [6.45, 7) is 0.257. The third-order valence-corrected chi connectivity index (χ3v) is 5.01. The van der Waals surface area contributed by atoms with Crippen molar-refractivity contribution in [1.29, 1.82) is 0 Å². The fraction of sp³-hybridized carbons (Fsp3) is 0.909. The van der Waals surface area contributed by atoms with Crippen molar-refractivity contribution in [3.05, 3.63) is 0 Å². The molecule has 2 aliphatic rings. The van der Waals surface area contributed by atoms with Crippen molar-refractivity contribution in [2.45, 2.75) is 43.5 Å². The van der Waals surface area contributed by atoms with Gasteiger partial charge in [0, 0.05) is 25.4 Å². The zero-order valence-electron chi connectivity index (χ0n) is 10.1. The van der Waals surface area contributed by atoms with Gasteiger partial charge in [-0.1, -0.05) is 12.8 Å². The fourth-order valence-electron chi connectivity index (χ4n) is 2.79. The molecule has 3 atom stereocenters. The molecule has 0 bridgehead atoms. The van der Waals surface area contributed by atoms with Crippen LogP contribution in [0.15, 0.2) is 0 Å². The summed E-state index contributed by atoms with van der Waals surface area (Å²) in [5, 5.41) is 8.58. The number of carbonyl (C=O) groups is 1. The van der Waals surface area contributed by atoms with E-state index in [0.29, 0.717) is 6.54 Å². The summed E-state index contributed by atoms with van der Waals surface area (Å²) in [6, 6.07) is 0. The van der Waals surface area contributed by atoms with Crippen LogP contribution in [-0.4, -0.2) is 48.8 Å². The lowest BCUT2D eigenvalue weighted by Crippen LogP contribution is -2.38. The first kappa shape index (κ1) is 13.7. The summed E-state index contributed by atoms with van der Waals surface area (Å²) in [6.07, 6.45) is 2.83. The van der Waals surface area contributed by atoms with E-state index in [2.05, 4.69) is 0 Å². The first-order valence-corrected chi connectivity index (χ1v) is 7.72. The van der Waals surface area contributed by atoms with E-state index in [1.165, 1.54) is 4.90 Å². The third-order valence-electron chi connectivity index (χ3n) is 3.90. The molecule has 1 saturated carbocycles.